The number of hydrogen-bond donors (Lipinski definition) is 1. The van der Waals surface area contributed by atoms with Crippen LogP contribution in [0.3, 0.4) is 0 Å². The second-order valence-corrected chi connectivity index (χ2v) is 9.03. The number of benzene rings is 1. The molecular formula is C21H26ClNO3. The van der Waals surface area contributed by atoms with Crippen LogP contribution in [0, 0.1) is 23.2 Å². The van der Waals surface area contributed by atoms with Crippen molar-refractivity contribution in [1.29, 1.82) is 0 Å². The van der Waals surface area contributed by atoms with E-state index in [9.17, 15) is 9.59 Å². The highest BCUT2D eigenvalue weighted by Gasteiger charge is 2.51. The van der Waals surface area contributed by atoms with Gasteiger partial charge in [0.2, 0.25) is 5.91 Å². The molecule has 1 amide bonds. The fourth-order valence-electron chi connectivity index (χ4n) is 5.91. The van der Waals surface area contributed by atoms with E-state index in [1.54, 1.807) is 6.07 Å². The summed E-state index contributed by atoms with van der Waals surface area (Å²) in [6.07, 6.45) is 8.27. The molecule has 0 unspecified atom stereocenters. The number of halogens is 1. The summed E-state index contributed by atoms with van der Waals surface area (Å²) in [6.45, 7) is 0.0546. The average molecular weight is 376 g/mol. The maximum Gasteiger partial charge on any atom is 0.325 e. The minimum Gasteiger partial charge on any atom is -0.459 e. The summed E-state index contributed by atoms with van der Waals surface area (Å²) in [5.41, 5.74) is 0.961. The van der Waals surface area contributed by atoms with Crippen LogP contribution >= 0.6 is 11.6 Å². The Morgan fingerprint density at radius 1 is 1.08 bits per heavy atom. The minimum absolute atomic E-state index is 0.0124. The largest absolute Gasteiger partial charge is 0.459 e. The van der Waals surface area contributed by atoms with E-state index in [4.69, 9.17) is 16.3 Å². The molecular weight excluding hydrogens is 350 g/mol. The quantitative estimate of drug-likeness (QED) is 0.761. The molecule has 0 aliphatic heterocycles. The van der Waals surface area contributed by atoms with Crippen molar-refractivity contribution >= 4 is 23.5 Å². The highest BCUT2D eigenvalue weighted by Crippen LogP contribution is 2.61. The van der Waals surface area contributed by atoms with Crippen LogP contribution in [0.15, 0.2) is 24.3 Å². The van der Waals surface area contributed by atoms with Gasteiger partial charge in [0.1, 0.15) is 13.2 Å². The molecule has 0 atom stereocenters. The summed E-state index contributed by atoms with van der Waals surface area (Å²) < 4.78 is 5.22. The smallest absolute Gasteiger partial charge is 0.325 e. The van der Waals surface area contributed by atoms with Gasteiger partial charge in [0, 0.05) is 17.0 Å². The molecule has 26 heavy (non-hydrogen) atoms. The number of hydrogen-bond acceptors (Lipinski definition) is 3. The van der Waals surface area contributed by atoms with E-state index in [-0.39, 0.29) is 24.5 Å². The third-order valence-electron chi connectivity index (χ3n) is 6.48. The van der Waals surface area contributed by atoms with Crippen molar-refractivity contribution in [1.82, 2.24) is 5.32 Å². The lowest BCUT2D eigenvalue weighted by Gasteiger charge is -2.56. The van der Waals surface area contributed by atoms with E-state index in [0.29, 0.717) is 11.4 Å². The van der Waals surface area contributed by atoms with Crippen LogP contribution in [0.25, 0.3) is 0 Å². The third kappa shape index (κ3) is 3.90. The van der Waals surface area contributed by atoms with E-state index < -0.39 is 5.97 Å². The molecule has 0 radical (unpaired) electrons. The van der Waals surface area contributed by atoms with E-state index in [1.165, 1.54) is 38.5 Å². The molecule has 140 valence electrons. The number of carbonyl (C=O) groups excluding carboxylic acids is 2. The molecule has 5 heteroatoms. The van der Waals surface area contributed by atoms with Gasteiger partial charge in [0.25, 0.3) is 0 Å². The van der Waals surface area contributed by atoms with Gasteiger partial charge in [-0.1, -0.05) is 29.8 Å². The van der Waals surface area contributed by atoms with Gasteiger partial charge in [-0.05, 0) is 67.8 Å². The molecule has 1 aromatic rings. The molecule has 0 saturated heterocycles. The summed E-state index contributed by atoms with van der Waals surface area (Å²) in [4.78, 5) is 24.3. The zero-order valence-corrected chi connectivity index (χ0v) is 15.8. The number of nitrogens with one attached hydrogen (secondary N) is 1. The van der Waals surface area contributed by atoms with Crippen LogP contribution in [0.5, 0.6) is 0 Å². The topological polar surface area (TPSA) is 55.4 Å². The zero-order chi connectivity index (χ0) is 18.1. The second-order valence-electron chi connectivity index (χ2n) is 8.62. The first-order valence-corrected chi connectivity index (χ1v) is 10.0. The van der Waals surface area contributed by atoms with Crippen molar-refractivity contribution in [3.63, 3.8) is 0 Å². The van der Waals surface area contributed by atoms with E-state index in [1.807, 2.05) is 18.2 Å². The van der Waals surface area contributed by atoms with Gasteiger partial charge < -0.3 is 10.1 Å². The van der Waals surface area contributed by atoms with E-state index in [0.717, 1.165) is 23.3 Å². The zero-order valence-electron chi connectivity index (χ0n) is 15.0. The monoisotopic (exact) mass is 375 g/mol. The van der Waals surface area contributed by atoms with E-state index in [2.05, 4.69) is 5.32 Å². The molecule has 4 fully saturated rings. The van der Waals surface area contributed by atoms with Gasteiger partial charge in [-0.3, -0.25) is 9.59 Å². The predicted molar refractivity (Wildman–Crippen MR) is 99.5 cm³/mol. The van der Waals surface area contributed by atoms with Crippen molar-refractivity contribution in [2.24, 2.45) is 23.2 Å². The lowest BCUT2D eigenvalue weighted by molar-refractivity contribution is -0.146. The lowest BCUT2D eigenvalue weighted by atomic mass is 9.49. The molecule has 4 aliphatic rings. The van der Waals surface area contributed by atoms with Crippen LogP contribution < -0.4 is 5.32 Å². The van der Waals surface area contributed by atoms with Crippen molar-refractivity contribution in [2.45, 2.75) is 51.6 Å². The Hall–Kier alpha value is -1.55. The highest BCUT2D eigenvalue weighted by atomic mass is 35.5. The van der Waals surface area contributed by atoms with Crippen molar-refractivity contribution in [3.8, 4) is 0 Å². The minimum atomic E-state index is -0.427. The van der Waals surface area contributed by atoms with Crippen LogP contribution in [0.2, 0.25) is 5.02 Å². The number of rotatable bonds is 6. The molecule has 1 N–H and O–H groups in total. The molecule has 4 bridgehead atoms. The SMILES string of the molecule is O=C(CC12CC3CC(CC(C3)C1)C2)NCC(=O)OCc1ccccc1Cl. The first kappa shape index (κ1) is 17.8. The summed E-state index contributed by atoms with van der Waals surface area (Å²) in [7, 11) is 0. The van der Waals surface area contributed by atoms with Gasteiger partial charge >= 0.3 is 5.97 Å². The average Bonchev–Trinajstić information content (AvgIpc) is 2.57. The predicted octanol–water partition coefficient (Wildman–Crippen LogP) is 4.11. The fourth-order valence-corrected chi connectivity index (χ4v) is 6.10. The number of esters is 1. The molecule has 0 heterocycles. The Kier molecular flexibility index (Phi) is 4.96. The van der Waals surface area contributed by atoms with Gasteiger partial charge in [-0.25, -0.2) is 0 Å². The number of ether oxygens (including phenoxy) is 1. The van der Waals surface area contributed by atoms with Gasteiger partial charge in [-0.2, -0.15) is 0 Å². The molecule has 4 saturated carbocycles. The first-order valence-electron chi connectivity index (χ1n) is 9.67. The maximum atomic E-state index is 12.4. The summed E-state index contributed by atoms with van der Waals surface area (Å²) in [6, 6.07) is 7.26. The van der Waals surface area contributed by atoms with Gasteiger partial charge in [0.15, 0.2) is 0 Å². The Morgan fingerprint density at radius 3 is 2.31 bits per heavy atom. The van der Waals surface area contributed by atoms with E-state index >= 15 is 0 Å². The first-order chi connectivity index (χ1) is 12.5. The van der Waals surface area contributed by atoms with Crippen molar-refractivity contribution in [2.75, 3.05) is 6.54 Å². The molecule has 4 nitrogen and oxygen atoms in total. The van der Waals surface area contributed by atoms with Crippen LogP contribution in [0.1, 0.15) is 50.5 Å². The molecule has 0 aromatic heterocycles. The summed E-state index contributed by atoms with van der Waals surface area (Å²) >= 11 is 6.05. The molecule has 4 aliphatic carbocycles. The summed E-state index contributed by atoms with van der Waals surface area (Å²) in [5.74, 6) is 2.05. The van der Waals surface area contributed by atoms with Gasteiger partial charge in [-0.15, -0.1) is 0 Å². The Labute approximate surface area is 159 Å². The second kappa shape index (κ2) is 7.22. The Balaban J connectivity index is 1.23. The molecule has 0 spiro atoms. The summed E-state index contributed by atoms with van der Waals surface area (Å²) in [5, 5.41) is 3.34. The number of carbonyl (C=O) groups is 2. The standard InChI is InChI=1S/C21H26ClNO3/c22-18-4-2-1-3-17(18)13-26-20(25)12-23-19(24)11-21-8-14-5-15(9-21)7-16(6-14)10-21/h1-4,14-16H,5-13H2,(H,23,24). The normalized spacial score (nSPS) is 31.7. The van der Waals surface area contributed by atoms with Crippen molar-refractivity contribution < 1.29 is 14.3 Å². The Morgan fingerprint density at radius 2 is 1.69 bits per heavy atom. The maximum absolute atomic E-state index is 12.4. The third-order valence-corrected chi connectivity index (χ3v) is 6.85. The molecule has 1 aromatic carbocycles. The van der Waals surface area contributed by atoms with Gasteiger partial charge in [0.05, 0.1) is 0 Å². The Bertz CT molecular complexity index is 667. The van der Waals surface area contributed by atoms with Crippen LogP contribution in [-0.2, 0) is 20.9 Å². The lowest BCUT2D eigenvalue weighted by Crippen LogP contribution is -2.48. The van der Waals surface area contributed by atoms with Crippen LogP contribution in [0.4, 0.5) is 0 Å². The van der Waals surface area contributed by atoms with Crippen molar-refractivity contribution in [3.05, 3.63) is 34.9 Å². The molecule has 5 rings (SSSR count). The van der Waals surface area contributed by atoms with Crippen LogP contribution in [-0.4, -0.2) is 18.4 Å². The number of amides is 1. The highest BCUT2D eigenvalue weighted by molar-refractivity contribution is 6.31. The fraction of sp³-hybridized carbons (Fsp3) is 0.619.